The summed E-state index contributed by atoms with van der Waals surface area (Å²) in [6.07, 6.45) is 3.60. The van der Waals surface area contributed by atoms with Gasteiger partial charge in [-0.1, -0.05) is 37.6 Å². The number of carbonyl (C=O) groups is 1. The summed E-state index contributed by atoms with van der Waals surface area (Å²) in [5.41, 5.74) is 2.47. The Kier molecular flexibility index (Phi) is 7.83. The average molecular weight is 454 g/mol. The number of sulfonamides is 1. The fourth-order valence-corrected chi connectivity index (χ4v) is 4.09. The Morgan fingerprint density at radius 2 is 1.78 bits per heavy atom. The van der Waals surface area contributed by atoms with Crippen LogP contribution in [0.25, 0.3) is 0 Å². The summed E-state index contributed by atoms with van der Waals surface area (Å²) in [5.74, 6) is 0.189. The molecule has 0 aliphatic heterocycles. The molecule has 3 aromatic rings. The maximum Gasteiger partial charge on any atom is 0.261 e. The number of para-hydroxylation sites is 1. The minimum Gasteiger partial charge on any atom is -0.477 e. The third-order valence-electron chi connectivity index (χ3n) is 4.84. The van der Waals surface area contributed by atoms with Gasteiger partial charge in [0.05, 0.1) is 17.2 Å². The zero-order chi connectivity index (χ0) is 23.0. The normalized spacial score (nSPS) is 11.1. The van der Waals surface area contributed by atoms with E-state index in [-0.39, 0.29) is 17.3 Å². The average Bonchev–Trinajstić information content (AvgIpc) is 2.80. The van der Waals surface area contributed by atoms with Gasteiger partial charge in [0.2, 0.25) is 5.88 Å². The largest absolute Gasteiger partial charge is 0.477 e. The van der Waals surface area contributed by atoms with Gasteiger partial charge >= 0.3 is 0 Å². The molecule has 0 atom stereocenters. The molecule has 2 N–H and O–H groups in total. The molecule has 0 aliphatic rings. The number of pyridine rings is 1. The summed E-state index contributed by atoms with van der Waals surface area (Å²) in [5, 5.41) is 2.83. The minimum atomic E-state index is -3.76. The summed E-state index contributed by atoms with van der Waals surface area (Å²) in [6.45, 7) is 4.73. The number of rotatable bonds is 10. The molecular weight excluding hydrogens is 426 g/mol. The van der Waals surface area contributed by atoms with E-state index in [0.29, 0.717) is 23.7 Å². The van der Waals surface area contributed by atoms with Crippen molar-refractivity contribution in [3.63, 3.8) is 0 Å². The zero-order valence-electron chi connectivity index (χ0n) is 18.2. The van der Waals surface area contributed by atoms with Crippen LogP contribution in [0.4, 0.5) is 5.69 Å². The Bertz CT molecular complexity index is 1160. The molecule has 8 heteroatoms. The SMILES string of the molecule is CCCCOc1ncccc1CNC(=O)c1ccc(S(=O)(=O)Nc2ccccc2C)cc1. The number of hydrogen-bond donors (Lipinski definition) is 2. The molecule has 0 radical (unpaired) electrons. The van der Waals surface area contributed by atoms with Gasteiger partial charge in [-0.3, -0.25) is 9.52 Å². The first-order valence-electron chi connectivity index (χ1n) is 10.4. The third-order valence-corrected chi connectivity index (χ3v) is 6.22. The Morgan fingerprint density at radius 1 is 1.03 bits per heavy atom. The van der Waals surface area contributed by atoms with Gasteiger partial charge < -0.3 is 10.1 Å². The van der Waals surface area contributed by atoms with Crippen LogP contribution in [0.1, 0.15) is 41.3 Å². The van der Waals surface area contributed by atoms with Gasteiger partial charge in [0, 0.05) is 23.9 Å². The van der Waals surface area contributed by atoms with Gasteiger partial charge in [0.25, 0.3) is 15.9 Å². The zero-order valence-corrected chi connectivity index (χ0v) is 19.0. The molecule has 0 unspecified atom stereocenters. The van der Waals surface area contributed by atoms with Crippen LogP contribution in [0.3, 0.4) is 0 Å². The molecular formula is C24H27N3O4S. The molecule has 1 heterocycles. The molecule has 3 rings (SSSR count). The number of nitrogens with zero attached hydrogens (tertiary/aromatic N) is 1. The van der Waals surface area contributed by atoms with Gasteiger partial charge in [-0.15, -0.1) is 0 Å². The molecule has 1 aromatic heterocycles. The first kappa shape index (κ1) is 23.3. The van der Waals surface area contributed by atoms with Crippen LogP contribution in [0.5, 0.6) is 5.88 Å². The van der Waals surface area contributed by atoms with Crippen molar-refractivity contribution < 1.29 is 17.9 Å². The van der Waals surface area contributed by atoms with Crippen LogP contribution in [0, 0.1) is 6.92 Å². The number of amides is 1. The number of ether oxygens (including phenoxy) is 1. The third kappa shape index (κ3) is 6.07. The van der Waals surface area contributed by atoms with E-state index in [9.17, 15) is 13.2 Å². The summed E-state index contributed by atoms with van der Waals surface area (Å²) in [6, 6.07) is 16.6. The molecule has 0 saturated heterocycles. The second kappa shape index (κ2) is 10.8. The minimum absolute atomic E-state index is 0.0798. The van der Waals surface area contributed by atoms with E-state index in [2.05, 4.69) is 21.9 Å². The molecule has 168 valence electrons. The number of carbonyl (C=O) groups excluding carboxylic acids is 1. The van der Waals surface area contributed by atoms with Gasteiger partial charge in [-0.2, -0.15) is 0 Å². The van der Waals surface area contributed by atoms with E-state index >= 15 is 0 Å². The first-order chi connectivity index (χ1) is 15.4. The van der Waals surface area contributed by atoms with Crippen LogP contribution in [-0.2, 0) is 16.6 Å². The molecule has 1 amide bonds. The number of benzene rings is 2. The van der Waals surface area contributed by atoms with Crippen molar-refractivity contribution in [1.82, 2.24) is 10.3 Å². The van der Waals surface area contributed by atoms with E-state index in [4.69, 9.17) is 4.74 Å². The molecule has 2 aromatic carbocycles. The van der Waals surface area contributed by atoms with Crippen LogP contribution in [0.2, 0.25) is 0 Å². The van der Waals surface area contributed by atoms with Gasteiger partial charge in [-0.05, 0) is 55.3 Å². The number of hydrogen-bond acceptors (Lipinski definition) is 5. The van der Waals surface area contributed by atoms with E-state index in [0.717, 1.165) is 24.0 Å². The van der Waals surface area contributed by atoms with Gasteiger partial charge in [-0.25, -0.2) is 13.4 Å². The van der Waals surface area contributed by atoms with Crippen LogP contribution >= 0.6 is 0 Å². The molecule has 0 spiro atoms. The Hall–Kier alpha value is -3.39. The lowest BCUT2D eigenvalue weighted by atomic mass is 10.2. The Balaban J connectivity index is 1.64. The molecule has 7 nitrogen and oxygen atoms in total. The number of anilines is 1. The van der Waals surface area contributed by atoms with Crippen molar-refractivity contribution in [3.8, 4) is 5.88 Å². The molecule has 0 fully saturated rings. The standard InChI is InChI=1S/C24H27N3O4S/c1-3-4-16-31-24-20(9-7-15-25-24)17-26-23(28)19-11-13-21(14-12-19)32(29,30)27-22-10-6-5-8-18(22)2/h5-15,27H,3-4,16-17H2,1-2H3,(H,26,28). The summed E-state index contributed by atoms with van der Waals surface area (Å²) in [4.78, 5) is 16.9. The number of nitrogens with one attached hydrogen (secondary N) is 2. The van der Waals surface area contributed by atoms with Crippen molar-refractivity contribution in [3.05, 3.63) is 83.6 Å². The number of aromatic nitrogens is 1. The van der Waals surface area contributed by atoms with Gasteiger partial charge in [0.15, 0.2) is 0 Å². The number of unbranched alkanes of at least 4 members (excludes halogenated alkanes) is 1. The maximum atomic E-state index is 12.7. The van der Waals surface area contributed by atoms with Crippen LogP contribution < -0.4 is 14.8 Å². The van der Waals surface area contributed by atoms with Crippen LogP contribution in [-0.4, -0.2) is 25.9 Å². The molecule has 0 bridgehead atoms. The predicted molar refractivity (Wildman–Crippen MR) is 124 cm³/mol. The summed E-state index contributed by atoms with van der Waals surface area (Å²) >= 11 is 0. The maximum absolute atomic E-state index is 12.7. The monoisotopic (exact) mass is 453 g/mol. The number of aryl methyl sites for hydroxylation is 1. The van der Waals surface area contributed by atoms with Crippen molar-refractivity contribution in [1.29, 1.82) is 0 Å². The van der Waals surface area contributed by atoms with Crippen molar-refractivity contribution in [2.45, 2.75) is 38.1 Å². The second-order valence-corrected chi connectivity index (χ2v) is 8.98. The Labute approximate surface area is 188 Å². The fraction of sp³-hybridized carbons (Fsp3) is 0.250. The van der Waals surface area contributed by atoms with Crippen molar-refractivity contribution in [2.75, 3.05) is 11.3 Å². The lowest BCUT2D eigenvalue weighted by Gasteiger charge is -2.12. The quantitative estimate of drug-likeness (QED) is 0.446. The topological polar surface area (TPSA) is 97.4 Å². The second-order valence-electron chi connectivity index (χ2n) is 7.30. The highest BCUT2D eigenvalue weighted by Crippen LogP contribution is 2.20. The first-order valence-corrected chi connectivity index (χ1v) is 11.9. The Morgan fingerprint density at radius 3 is 2.50 bits per heavy atom. The van der Waals surface area contributed by atoms with Crippen LogP contribution in [0.15, 0.2) is 71.8 Å². The van der Waals surface area contributed by atoms with Gasteiger partial charge in [0.1, 0.15) is 0 Å². The van der Waals surface area contributed by atoms with E-state index in [1.54, 1.807) is 24.4 Å². The lowest BCUT2D eigenvalue weighted by Crippen LogP contribution is -2.23. The smallest absolute Gasteiger partial charge is 0.261 e. The van der Waals surface area contributed by atoms with Crippen molar-refractivity contribution in [2.24, 2.45) is 0 Å². The van der Waals surface area contributed by atoms with E-state index < -0.39 is 10.0 Å². The lowest BCUT2D eigenvalue weighted by molar-refractivity contribution is 0.0950. The highest BCUT2D eigenvalue weighted by molar-refractivity contribution is 7.92. The summed E-state index contributed by atoms with van der Waals surface area (Å²) < 4.78 is 33.6. The fourth-order valence-electron chi connectivity index (χ4n) is 2.96. The molecule has 0 saturated carbocycles. The molecule has 0 aliphatic carbocycles. The van der Waals surface area contributed by atoms with Crippen molar-refractivity contribution >= 4 is 21.6 Å². The highest BCUT2D eigenvalue weighted by atomic mass is 32.2. The predicted octanol–water partition coefficient (Wildman–Crippen LogP) is 4.30. The van der Waals surface area contributed by atoms with E-state index in [1.807, 2.05) is 25.1 Å². The highest BCUT2D eigenvalue weighted by Gasteiger charge is 2.16. The molecule has 32 heavy (non-hydrogen) atoms. The van der Waals surface area contributed by atoms with E-state index in [1.165, 1.54) is 24.3 Å². The summed E-state index contributed by atoms with van der Waals surface area (Å²) in [7, 11) is -3.76.